The molecule has 0 aromatic heterocycles. The van der Waals surface area contributed by atoms with E-state index in [1.54, 1.807) is 0 Å². The lowest BCUT2D eigenvalue weighted by molar-refractivity contribution is 0.114. The van der Waals surface area contributed by atoms with Gasteiger partial charge in [-0.3, -0.25) is 0 Å². The van der Waals surface area contributed by atoms with Crippen molar-refractivity contribution in [2.45, 2.75) is 37.3 Å². The van der Waals surface area contributed by atoms with Crippen LogP contribution >= 0.6 is 0 Å². The molecule has 1 heterocycles. The number of halogens is 1. The molecule has 0 radical (unpaired) electrons. The minimum atomic E-state index is -3.67. The number of hydrogen-bond acceptors (Lipinski definition) is 4. The van der Waals surface area contributed by atoms with Crippen molar-refractivity contribution in [3.63, 3.8) is 0 Å². The predicted octanol–water partition coefficient (Wildman–Crippen LogP) is 1.05. The molecule has 7 heteroatoms. The van der Waals surface area contributed by atoms with Crippen molar-refractivity contribution in [3.05, 3.63) is 29.1 Å². The number of nitrogens with two attached hydrogens (primary N) is 1. The van der Waals surface area contributed by atoms with E-state index in [2.05, 4.69) is 4.72 Å². The quantitative estimate of drug-likeness (QED) is 0.852. The van der Waals surface area contributed by atoms with Gasteiger partial charge in [-0.2, -0.15) is 0 Å². The van der Waals surface area contributed by atoms with Crippen LogP contribution in [-0.4, -0.2) is 27.7 Å². The van der Waals surface area contributed by atoms with Crippen LogP contribution in [0.15, 0.2) is 17.0 Å². The molecule has 0 saturated carbocycles. The number of rotatable bonds is 5. The zero-order chi connectivity index (χ0) is 14.8. The monoisotopic (exact) mass is 302 g/mol. The normalized spacial score (nSPS) is 19.4. The SMILES string of the molecule is Cc1cc(S(=O)(=O)NCC2CCCO2)cc(CN)c1F. The van der Waals surface area contributed by atoms with Gasteiger partial charge in [0.2, 0.25) is 10.0 Å². The molecule has 1 aliphatic rings. The lowest BCUT2D eigenvalue weighted by Gasteiger charge is -2.13. The summed E-state index contributed by atoms with van der Waals surface area (Å²) in [7, 11) is -3.67. The summed E-state index contributed by atoms with van der Waals surface area (Å²) in [5.41, 5.74) is 5.90. The van der Waals surface area contributed by atoms with Crippen molar-refractivity contribution >= 4 is 10.0 Å². The lowest BCUT2D eigenvalue weighted by Crippen LogP contribution is -2.32. The van der Waals surface area contributed by atoms with E-state index in [4.69, 9.17) is 10.5 Å². The van der Waals surface area contributed by atoms with Gasteiger partial charge >= 0.3 is 0 Å². The molecule has 1 fully saturated rings. The van der Waals surface area contributed by atoms with Gasteiger partial charge in [-0.05, 0) is 37.5 Å². The van der Waals surface area contributed by atoms with Gasteiger partial charge in [0.25, 0.3) is 0 Å². The van der Waals surface area contributed by atoms with Gasteiger partial charge in [-0.25, -0.2) is 17.5 Å². The minimum absolute atomic E-state index is 0.0369. The van der Waals surface area contributed by atoms with Crippen LogP contribution in [0, 0.1) is 12.7 Å². The average molecular weight is 302 g/mol. The van der Waals surface area contributed by atoms with Gasteiger partial charge in [0, 0.05) is 25.3 Å². The Morgan fingerprint density at radius 2 is 2.25 bits per heavy atom. The fraction of sp³-hybridized carbons (Fsp3) is 0.538. The van der Waals surface area contributed by atoms with Crippen LogP contribution in [0.5, 0.6) is 0 Å². The van der Waals surface area contributed by atoms with Crippen LogP contribution < -0.4 is 10.5 Å². The molecule has 1 saturated heterocycles. The van der Waals surface area contributed by atoms with Crippen LogP contribution in [-0.2, 0) is 21.3 Å². The van der Waals surface area contributed by atoms with E-state index in [1.807, 2.05) is 0 Å². The third-order valence-electron chi connectivity index (χ3n) is 3.36. The van der Waals surface area contributed by atoms with Crippen LogP contribution in [0.1, 0.15) is 24.0 Å². The van der Waals surface area contributed by atoms with Crippen molar-refractivity contribution in [2.24, 2.45) is 5.73 Å². The van der Waals surface area contributed by atoms with Gasteiger partial charge < -0.3 is 10.5 Å². The van der Waals surface area contributed by atoms with E-state index in [-0.39, 0.29) is 35.2 Å². The van der Waals surface area contributed by atoms with Crippen LogP contribution in [0.3, 0.4) is 0 Å². The minimum Gasteiger partial charge on any atom is -0.377 e. The summed E-state index contributed by atoms with van der Waals surface area (Å²) < 4.78 is 45.9. The Labute approximate surface area is 118 Å². The maximum Gasteiger partial charge on any atom is 0.240 e. The second-order valence-electron chi connectivity index (χ2n) is 4.90. The average Bonchev–Trinajstić information content (AvgIpc) is 2.92. The van der Waals surface area contributed by atoms with Gasteiger partial charge in [0.15, 0.2) is 0 Å². The van der Waals surface area contributed by atoms with E-state index in [1.165, 1.54) is 19.1 Å². The summed E-state index contributed by atoms with van der Waals surface area (Å²) in [4.78, 5) is 0.0369. The highest BCUT2D eigenvalue weighted by Crippen LogP contribution is 2.19. The molecule has 1 aromatic carbocycles. The predicted molar refractivity (Wildman–Crippen MR) is 73.2 cm³/mol. The Morgan fingerprint density at radius 3 is 2.85 bits per heavy atom. The first-order valence-corrected chi connectivity index (χ1v) is 8.02. The third kappa shape index (κ3) is 3.35. The molecule has 1 atom stereocenters. The number of aryl methyl sites for hydroxylation is 1. The Bertz CT molecular complexity index is 584. The summed E-state index contributed by atoms with van der Waals surface area (Å²) in [5, 5.41) is 0. The Morgan fingerprint density at radius 1 is 1.50 bits per heavy atom. The fourth-order valence-corrected chi connectivity index (χ4v) is 3.40. The molecule has 1 unspecified atom stereocenters. The molecule has 1 aromatic rings. The zero-order valence-electron chi connectivity index (χ0n) is 11.4. The number of nitrogens with one attached hydrogen (secondary N) is 1. The highest BCUT2D eigenvalue weighted by Gasteiger charge is 2.21. The second-order valence-corrected chi connectivity index (χ2v) is 6.67. The molecule has 5 nitrogen and oxygen atoms in total. The first-order valence-electron chi connectivity index (χ1n) is 6.54. The molecule has 2 rings (SSSR count). The van der Waals surface area contributed by atoms with E-state index in [0.29, 0.717) is 6.61 Å². The van der Waals surface area contributed by atoms with Gasteiger partial charge in [0.1, 0.15) is 5.82 Å². The topological polar surface area (TPSA) is 81.4 Å². The summed E-state index contributed by atoms with van der Waals surface area (Å²) in [6.07, 6.45) is 1.71. The zero-order valence-corrected chi connectivity index (χ0v) is 12.2. The molecule has 3 N–H and O–H groups in total. The molecule has 1 aliphatic heterocycles. The number of hydrogen-bond donors (Lipinski definition) is 2. The summed E-state index contributed by atoms with van der Waals surface area (Å²) >= 11 is 0. The summed E-state index contributed by atoms with van der Waals surface area (Å²) in [6, 6.07) is 2.59. The molecule has 0 spiro atoms. The Kier molecular flexibility index (Phi) is 4.74. The smallest absolute Gasteiger partial charge is 0.240 e. The van der Waals surface area contributed by atoms with Gasteiger partial charge in [-0.1, -0.05) is 0 Å². The van der Waals surface area contributed by atoms with E-state index < -0.39 is 15.8 Å². The Balaban J connectivity index is 2.18. The van der Waals surface area contributed by atoms with Crippen molar-refractivity contribution in [3.8, 4) is 0 Å². The van der Waals surface area contributed by atoms with Crippen LogP contribution in [0.25, 0.3) is 0 Å². The largest absolute Gasteiger partial charge is 0.377 e. The standard InChI is InChI=1S/C13H19FN2O3S/c1-9-5-12(6-10(7-15)13(9)14)20(17,18)16-8-11-3-2-4-19-11/h5-6,11,16H,2-4,7-8,15H2,1H3. The number of sulfonamides is 1. The maximum absolute atomic E-state index is 13.7. The molecule has 0 amide bonds. The number of ether oxygens (including phenoxy) is 1. The Hall–Kier alpha value is -1.02. The van der Waals surface area contributed by atoms with Crippen LogP contribution in [0.4, 0.5) is 4.39 Å². The summed E-state index contributed by atoms with van der Waals surface area (Å²) in [5.74, 6) is -0.453. The van der Waals surface area contributed by atoms with Gasteiger partial charge in [-0.15, -0.1) is 0 Å². The summed E-state index contributed by atoms with van der Waals surface area (Å²) in [6.45, 7) is 2.38. The lowest BCUT2D eigenvalue weighted by atomic mass is 10.1. The molecular weight excluding hydrogens is 283 g/mol. The molecule has 0 bridgehead atoms. The fourth-order valence-electron chi connectivity index (χ4n) is 2.20. The molecular formula is C13H19FN2O3S. The van der Waals surface area contributed by atoms with E-state index in [0.717, 1.165) is 12.8 Å². The first-order chi connectivity index (χ1) is 9.44. The molecule has 20 heavy (non-hydrogen) atoms. The highest BCUT2D eigenvalue weighted by atomic mass is 32.2. The molecule has 112 valence electrons. The van der Waals surface area contributed by atoms with Crippen molar-refractivity contribution in [1.82, 2.24) is 4.72 Å². The third-order valence-corrected chi connectivity index (χ3v) is 4.76. The second kappa shape index (κ2) is 6.17. The highest BCUT2D eigenvalue weighted by molar-refractivity contribution is 7.89. The van der Waals surface area contributed by atoms with Crippen molar-refractivity contribution in [2.75, 3.05) is 13.2 Å². The van der Waals surface area contributed by atoms with Crippen molar-refractivity contribution < 1.29 is 17.5 Å². The first kappa shape index (κ1) is 15.4. The van der Waals surface area contributed by atoms with Crippen LogP contribution in [0.2, 0.25) is 0 Å². The van der Waals surface area contributed by atoms with E-state index in [9.17, 15) is 12.8 Å². The maximum atomic E-state index is 13.7. The van der Waals surface area contributed by atoms with E-state index >= 15 is 0 Å². The number of benzene rings is 1. The van der Waals surface area contributed by atoms with Crippen molar-refractivity contribution in [1.29, 1.82) is 0 Å². The molecule has 0 aliphatic carbocycles. The van der Waals surface area contributed by atoms with Gasteiger partial charge in [0.05, 0.1) is 11.0 Å².